The molecule has 4 rings (SSSR count). The summed E-state index contributed by atoms with van der Waals surface area (Å²) in [7, 11) is 1.72. The molecule has 0 spiro atoms. The van der Waals surface area contributed by atoms with Crippen LogP contribution in [0.1, 0.15) is 17.5 Å². The van der Waals surface area contributed by atoms with E-state index in [1.54, 1.807) is 7.11 Å². The van der Waals surface area contributed by atoms with Crippen LogP contribution in [0.15, 0.2) is 72.9 Å². The Bertz CT molecular complexity index is 1020. The van der Waals surface area contributed by atoms with Gasteiger partial charge < -0.3 is 4.74 Å². The van der Waals surface area contributed by atoms with Crippen molar-refractivity contribution in [3.63, 3.8) is 0 Å². The van der Waals surface area contributed by atoms with E-state index in [0.29, 0.717) is 0 Å². The van der Waals surface area contributed by atoms with Crippen molar-refractivity contribution in [3.8, 4) is 5.75 Å². The topological polar surface area (TPSA) is 22.1 Å². The molecule has 2 heteroatoms. The Balaban J connectivity index is 1.62. The maximum Gasteiger partial charge on any atom is 0.119 e. The number of aromatic nitrogens is 1. The largest absolute Gasteiger partial charge is 0.497 e. The predicted octanol–water partition coefficient (Wildman–Crippen LogP) is 5.57. The summed E-state index contributed by atoms with van der Waals surface area (Å²) in [6, 6.07) is 23.4. The molecule has 0 unspecified atom stereocenters. The zero-order valence-electron chi connectivity index (χ0n) is 14.4. The fourth-order valence-corrected chi connectivity index (χ4v) is 3.52. The third kappa shape index (κ3) is 3.20. The first-order valence-electron chi connectivity index (χ1n) is 8.73. The molecular weight excluding hydrogens is 306 g/mol. The van der Waals surface area contributed by atoms with Gasteiger partial charge in [0.25, 0.3) is 0 Å². The fourth-order valence-electron chi connectivity index (χ4n) is 3.52. The van der Waals surface area contributed by atoms with Gasteiger partial charge >= 0.3 is 0 Å². The van der Waals surface area contributed by atoms with Gasteiger partial charge in [-0.3, -0.25) is 4.98 Å². The summed E-state index contributed by atoms with van der Waals surface area (Å²) >= 11 is 0. The second-order valence-electron chi connectivity index (χ2n) is 6.36. The molecule has 0 N–H and O–H groups in total. The monoisotopic (exact) mass is 327 g/mol. The van der Waals surface area contributed by atoms with Crippen LogP contribution >= 0.6 is 0 Å². The molecule has 0 saturated carbocycles. The van der Waals surface area contributed by atoms with Gasteiger partial charge in [0.1, 0.15) is 5.75 Å². The Morgan fingerprint density at radius 2 is 1.64 bits per heavy atom. The van der Waals surface area contributed by atoms with Crippen LogP contribution in [0.4, 0.5) is 0 Å². The van der Waals surface area contributed by atoms with Crippen molar-refractivity contribution in [1.82, 2.24) is 4.98 Å². The van der Waals surface area contributed by atoms with Crippen LogP contribution in [-0.4, -0.2) is 12.1 Å². The van der Waals surface area contributed by atoms with Gasteiger partial charge in [0.2, 0.25) is 0 Å². The van der Waals surface area contributed by atoms with Crippen molar-refractivity contribution < 1.29 is 4.74 Å². The Kier molecular flexibility index (Phi) is 4.34. The second kappa shape index (κ2) is 6.94. The molecule has 0 aliphatic carbocycles. The minimum absolute atomic E-state index is 0.929. The molecule has 4 aromatic rings. The van der Waals surface area contributed by atoms with Crippen LogP contribution in [0.2, 0.25) is 0 Å². The molecule has 0 aliphatic heterocycles. The molecule has 0 saturated heterocycles. The minimum atomic E-state index is 0.929. The van der Waals surface area contributed by atoms with E-state index in [-0.39, 0.29) is 0 Å². The summed E-state index contributed by atoms with van der Waals surface area (Å²) in [5, 5.41) is 3.87. The lowest BCUT2D eigenvalue weighted by molar-refractivity contribution is 0.414. The van der Waals surface area contributed by atoms with Crippen molar-refractivity contribution in [2.24, 2.45) is 0 Å². The maximum atomic E-state index is 5.32. The summed E-state index contributed by atoms with van der Waals surface area (Å²) in [4.78, 5) is 4.56. The maximum absolute atomic E-state index is 5.32. The fraction of sp³-hybridized carbons (Fsp3) is 0.174. The normalized spacial score (nSPS) is 11.1. The molecule has 0 bridgehead atoms. The minimum Gasteiger partial charge on any atom is -0.497 e. The lowest BCUT2D eigenvalue weighted by Crippen LogP contribution is -1.94. The van der Waals surface area contributed by atoms with Crippen LogP contribution < -0.4 is 4.74 Å². The van der Waals surface area contributed by atoms with Gasteiger partial charge in [-0.2, -0.15) is 0 Å². The molecular formula is C23H21NO. The van der Waals surface area contributed by atoms with Crippen LogP contribution in [0.25, 0.3) is 21.7 Å². The number of ether oxygens (including phenoxy) is 1. The lowest BCUT2D eigenvalue weighted by Gasteiger charge is -2.10. The summed E-state index contributed by atoms with van der Waals surface area (Å²) in [5.74, 6) is 0.929. The van der Waals surface area contributed by atoms with Gasteiger partial charge in [0.15, 0.2) is 0 Å². The van der Waals surface area contributed by atoms with Gasteiger partial charge in [0, 0.05) is 11.6 Å². The number of fused-ring (bicyclic) bond motifs is 3. The summed E-state index contributed by atoms with van der Waals surface area (Å²) in [5.41, 5.74) is 3.78. The third-order valence-electron chi connectivity index (χ3n) is 4.76. The van der Waals surface area contributed by atoms with Gasteiger partial charge in [-0.05, 0) is 65.4 Å². The first kappa shape index (κ1) is 15.6. The molecule has 3 aromatic carbocycles. The van der Waals surface area contributed by atoms with E-state index in [1.165, 1.54) is 27.3 Å². The van der Waals surface area contributed by atoms with Gasteiger partial charge in [-0.1, -0.05) is 42.5 Å². The zero-order valence-corrected chi connectivity index (χ0v) is 14.4. The molecule has 1 aromatic heterocycles. The van der Waals surface area contributed by atoms with Crippen molar-refractivity contribution in [1.29, 1.82) is 0 Å². The Morgan fingerprint density at radius 3 is 2.52 bits per heavy atom. The Morgan fingerprint density at radius 1 is 0.800 bits per heavy atom. The number of rotatable bonds is 5. The second-order valence-corrected chi connectivity index (χ2v) is 6.36. The average molecular weight is 327 g/mol. The van der Waals surface area contributed by atoms with E-state index in [1.807, 2.05) is 18.3 Å². The molecule has 0 radical (unpaired) electrons. The standard InChI is InChI=1S/C23H21NO/c1-25-19-10-5-8-17(15-19)7-4-9-18-16-23-22(13-6-14-24-23)21-12-3-2-11-20(18)21/h2-3,5-6,8,10-16H,4,7,9H2,1H3. The summed E-state index contributed by atoms with van der Waals surface area (Å²) in [6.45, 7) is 0. The molecule has 1 heterocycles. The molecule has 2 nitrogen and oxygen atoms in total. The lowest BCUT2D eigenvalue weighted by atomic mass is 9.96. The molecule has 124 valence electrons. The quantitative estimate of drug-likeness (QED) is 0.447. The molecule has 25 heavy (non-hydrogen) atoms. The first-order chi connectivity index (χ1) is 12.3. The number of hydrogen-bond donors (Lipinski definition) is 0. The third-order valence-corrected chi connectivity index (χ3v) is 4.76. The number of benzene rings is 3. The van der Waals surface area contributed by atoms with Gasteiger partial charge in [-0.15, -0.1) is 0 Å². The van der Waals surface area contributed by atoms with Crippen molar-refractivity contribution in [2.75, 3.05) is 7.11 Å². The van der Waals surface area contributed by atoms with Crippen LogP contribution in [0.5, 0.6) is 5.75 Å². The van der Waals surface area contributed by atoms with Gasteiger partial charge in [0.05, 0.1) is 12.6 Å². The highest BCUT2D eigenvalue weighted by Crippen LogP contribution is 2.28. The number of nitrogens with zero attached hydrogens (tertiary/aromatic N) is 1. The van der Waals surface area contributed by atoms with E-state index in [0.717, 1.165) is 30.5 Å². The Hall–Kier alpha value is -2.87. The summed E-state index contributed by atoms with van der Waals surface area (Å²) < 4.78 is 5.32. The number of methoxy groups -OCH3 is 1. The molecule has 0 aliphatic rings. The summed E-state index contributed by atoms with van der Waals surface area (Å²) in [6.07, 6.45) is 5.07. The smallest absolute Gasteiger partial charge is 0.119 e. The zero-order chi connectivity index (χ0) is 17.1. The van der Waals surface area contributed by atoms with E-state index in [4.69, 9.17) is 4.74 Å². The van der Waals surface area contributed by atoms with E-state index < -0.39 is 0 Å². The van der Waals surface area contributed by atoms with Crippen LogP contribution in [0.3, 0.4) is 0 Å². The van der Waals surface area contributed by atoms with Crippen LogP contribution in [-0.2, 0) is 12.8 Å². The van der Waals surface area contributed by atoms with Crippen LogP contribution in [0, 0.1) is 0 Å². The highest BCUT2D eigenvalue weighted by Gasteiger charge is 2.07. The van der Waals surface area contributed by atoms with Crippen molar-refractivity contribution in [3.05, 3.63) is 84.1 Å². The molecule has 0 atom stereocenters. The Labute approximate surface area is 148 Å². The van der Waals surface area contributed by atoms with E-state index >= 15 is 0 Å². The van der Waals surface area contributed by atoms with Crippen molar-refractivity contribution >= 4 is 21.7 Å². The number of aryl methyl sites for hydroxylation is 2. The molecule has 0 fully saturated rings. The van der Waals surface area contributed by atoms with E-state index in [9.17, 15) is 0 Å². The van der Waals surface area contributed by atoms with E-state index in [2.05, 4.69) is 59.6 Å². The van der Waals surface area contributed by atoms with Crippen molar-refractivity contribution in [2.45, 2.75) is 19.3 Å². The predicted molar refractivity (Wildman–Crippen MR) is 104 cm³/mol. The molecule has 0 amide bonds. The SMILES string of the molecule is COc1cccc(CCCc2cc3ncccc3c3ccccc23)c1. The average Bonchev–Trinajstić information content (AvgIpc) is 2.68. The van der Waals surface area contributed by atoms with Gasteiger partial charge in [-0.25, -0.2) is 0 Å². The number of hydrogen-bond acceptors (Lipinski definition) is 2. The highest BCUT2D eigenvalue weighted by atomic mass is 16.5. The highest BCUT2D eigenvalue weighted by molar-refractivity contribution is 6.07. The first-order valence-corrected chi connectivity index (χ1v) is 8.73. The number of pyridine rings is 1.